The van der Waals surface area contributed by atoms with E-state index in [0.717, 1.165) is 9.87 Å². The van der Waals surface area contributed by atoms with Gasteiger partial charge in [-0.3, -0.25) is 13.9 Å². The molecule has 0 bridgehead atoms. The Hall–Kier alpha value is -4.67. The van der Waals surface area contributed by atoms with E-state index in [1.165, 1.54) is 19.2 Å². The number of hydrogen-bond acceptors (Lipinski definition) is 6. The van der Waals surface area contributed by atoms with E-state index in [4.69, 9.17) is 9.47 Å². The van der Waals surface area contributed by atoms with Crippen LogP contribution in [0.2, 0.25) is 0 Å². The molecule has 10 heteroatoms. The smallest absolute Gasteiger partial charge is 0.264 e. The lowest BCUT2D eigenvalue weighted by Gasteiger charge is -2.24. The summed E-state index contributed by atoms with van der Waals surface area (Å²) >= 11 is 0. The first-order chi connectivity index (χ1) is 19.8. The normalized spacial score (nSPS) is 11.0. The summed E-state index contributed by atoms with van der Waals surface area (Å²) in [5, 5.41) is 5.42. The molecule has 9 nitrogen and oxygen atoms in total. The van der Waals surface area contributed by atoms with Crippen LogP contribution in [-0.4, -0.2) is 47.0 Å². The number of hydrogen-bond donors (Lipinski definition) is 2. The zero-order valence-corrected chi connectivity index (χ0v) is 23.6. The molecule has 4 aromatic carbocycles. The molecule has 0 aliphatic rings. The number of methoxy groups -OCH3 is 1. The monoisotopic (exact) mass is 573 g/mol. The van der Waals surface area contributed by atoms with E-state index in [1.54, 1.807) is 60.7 Å². The second-order valence-electron chi connectivity index (χ2n) is 9.08. The number of carbonyl (C=O) groups is 2. The van der Waals surface area contributed by atoms with Gasteiger partial charge in [0.2, 0.25) is 5.91 Å². The van der Waals surface area contributed by atoms with Crippen LogP contribution < -0.4 is 19.7 Å². The van der Waals surface area contributed by atoms with Gasteiger partial charge in [0.1, 0.15) is 18.0 Å². The van der Waals surface area contributed by atoms with Gasteiger partial charge in [-0.1, -0.05) is 48.0 Å². The predicted octanol–water partition coefficient (Wildman–Crippen LogP) is 5.00. The first-order valence-electron chi connectivity index (χ1n) is 12.9. The summed E-state index contributed by atoms with van der Waals surface area (Å²) in [6.07, 6.45) is 0. The number of nitrogens with one attached hydrogen (secondary N) is 2. The summed E-state index contributed by atoms with van der Waals surface area (Å²) in [7, 11) is -2.60. The minimum atomic E-state index is -4.13. The van der Waals surface area contributed by atoms with E-state index >= 15 is 0 Å². The van der Waals surface area contributed by atoms with Gasteiger partial charge in [0.15, 0.2) is 0 Å². The van der Waals surface area contributed by atoms with Gasteiger partial charge in [0.25, 0.3) is 15.9 Å². The molecule has 2 N–H and O–H groups in total. The molecule has 0 heterocycles. The highest BCUT2D eigenvalue weighted by Gasteiger charge is 2.28. The van der Waals surface area contributed by atoms with Crippen molar-refractivity contribution in [1.29, 1.82) is 0 Å². The molecule has 2 amide bonds. The number of carbonyl (C=O) groups excluding carboxylic acids is 2. The number of nitrogens with zero attached hydrogens (tertiary/aromatic N) is 1. The maximum absolute atomic E-state index is 13.8. The molecule has 0 aromatic heterocycles. The fraction of sp³-hybridized carbons (Fsp3) is 0.161. The van der Waals surface area contributed by atoms with Crippen molar-refractivity contribution in [3.05, 3.63) is 114 Å². The van der Waals surface area contributed by atoms with Crippen LogP contribution in [-0.2, 0) is 19.6 Å². The van der Waals surface area contributed by atoms with Crippen LogP contribution in [0.5, 0.6) is 11.5 Å². The van der Waals surface area contributed by atoms with Crippen molar-refractivity contribution in [3.8, 4) is 11.5 Å². The lowest BCUT2D eigenvalue weighted by molar-refractivity contribution is -0.114. The van der Waals surface area contributed by atoms with E-state index in [0.29, 0.717) is 24.7 Å². The van der Waals surface area contributed by atoms with Crippen LogP contribution in [0, 0.1) is 6.92 Å². The van der Waals surface area contributed by atoms with Gasteiger partial charge in [0, 0.05) is 13.7 Å². The van der Waals surface area contributed by atoms with Crippen LogP contribution >= 0.6 is 0 Å². The molecule has 0 unspecified atom stereocenters. The highest BCUT2D eigenvalue weighted by atomic mass is 32.2. The molecule has 0 saturated heterocycles. The van der Waals surface area contributed by atoms with Crippen LogP contribution in [0.15, 0.2) is 108 Å². The topological polar surface area (TPSA) is 114 Å². The summed E-state index contributed by atoms with van der Waals surface area (Å²) < 4.78 is 39.4. The van der Waals surface area contributed by atoms with E-state index in [9.17, 15) is 18.0 Å². The minimum absolute atomic E-state index is 0.0402. The molecule has 0 fully saturated rings. The van der Waals surface area contributed by atoms with Crippen molar-refractivity contribution in [2.75, 3.05) is 36.4 Å². The second kappa shape index (κ2) is 13.6. The first kappa shape index (κ1) is 29.3. The van der Waals surface area contributed by atoms with E-state index in [1.807, 2.05) is 37.3 Å². The van der Waals surface area contributed by atoms with Gasteiger partial charge in [-0.15, -0.1) is 0 Å². The summed E-state index contributed by atoms with van der Waals surface area (Å²) in [6.45, 7) is 1.95. The largest absolute Gasteiger partial charge is 0.457 e. The molecule has 41 heavy (non-hydrogen) atoms. The zero-order chi connectivity index (χ0) is 29.2. The third-order valence-electron chi connectivity index (χ3n) is 6.04. The van der Waals surface area contributed by atoms with Gasteiger partial charge in [-0.2, -0.15) is 0 Å². The average Bonchev–Trinajstić information content (AvgIpc) is 2.97. The van der Waals surface area contributed by atoms with Crippen LogP contribution in [0.4, 0.5) is 11.4 Å². The Morgan fingerprint density at radius 2 is 1.44 bits per heavy atom. The standard InChI is InChI=1S/C31H31N3O6S/c1-23-12-18-27(19-13-23)41(37,38)34(24-14-16-26(17-15-24)40-25-8-4-3-5-9-25)22-30(35)33-29-11-7-6-10-28(29)31(36)32-20-21-39-2/h3-19H,20-22H2,1-2H3,(H,32,36)(H,33,35). The number of aryl methyl sites for hydroxylation is 1. The maximum Gasteiger partial charge on any atom is 0.264 e. The molecule has 212 valence electrons. The number of sulfonamides is 1. The second-order valence-corrected chi connectivity index (χ2v) is 10.9. The Kier molecular flexibility index (Phi) is 9.73. The molecule has 0 radical (unpaired) electrons. The first-order valence-corrected chi connectivity index (χ1v) is 14.3. The number of benzene rings is 4. The number of amides is 2. The number of ether oxygens (including phenoxy) is 2. The molecule has 0 atom stereocenters. The SMILES string of the molecule is COCCNC(=O)c1ccccc1NC(=O)CN(c1ccc(Oc2ccccc2)cc1)S(=O)(=O)c1ccc(C)cc1. The number of para-hydroxylation sites is 2. The Bertz CT molecular complexity index is 1570. The maximum atomic E-state index is 13.8. The van der Waals surface area contributed by atoms with Crippen LogP contribution in [0.25, 0.3) is 0 Å². The van der Waals surface area contributed by atoms with Gasteiger partial charge in [-0.05, 0) is 67.6 Å². The number of rotatable bonds is 12. The van der Waals surface area contributed by atoms with Crippen molar-refractivity contribution in [2.45, 2.75) is 11.8 Å². The molecule has 0 aliphatic heterocycles. The van der Waals surface area contributed by atoms with Gasteiger partial charge in [-0.25, -0.2) is 8.42 Å². The molecule has 4 rings (SSSR count). The third kappa shape index (κ3) is 7.71. The molecule has 0 aliphatic carbocycles. The summed E-state index contributed by atoms with van der Waals surface area (Å²) in [5.41, 5.74) is 1.67. The minimum Gasteiger partial charge on any atom is -0.457 e. The summed E-state index contributed by atoms with van der Waals surface area (Å²) in [5.74, 6) is 0.123. The van der Waals surface area contributed by atoms with Gasteiger partial charge in [0.05, 0.1) is 28.4 Å². The van der Waals surface area contributed by atoms with Crippen LogP contribution in [0.3, 0.4) is 0 Å². The van der Waals surface area contributed by atoms with Crippen molar-refractivity contribution >= 4 is 33.2 Å². The van der Waals surface area contributed by atoms with E-state index in [-0.39, 0.29) is 21.8 Å². The van der Waals surface area contributed by atoms with Crippen molar-refractivity contribution < 1.29 is 27.5 Å². The quantitative estimate of drug-likeness (QED) is 0.231. The van der Waals surface area contributed by atoms with Gasteiger partial charge >= 0.3 is 0 Å². The highest BCUT2D eigenvalue weighted by Crippen LogP contribution is 2.28. The predicted molar refractivity (Wildman–Crippen MR) is 158 cm³/mol. The number of anilines is 2. The summed E-state index contributed by atoms with van der Waals surface area (Å²) in [4.78, 5) is 26.0. The molecule has 0 spiro atoms. The average molecular weight is 574 g/mol. The van der Waals surface area contributed by atoms with Crippen molar-refractivity contribution in [3.63, 3.8) is 0 Å². The van der Waals surface area contributed by atoms with E-state index < -0.39 is 28.4 Å². The fourth-order valence-electron chi connectivity index (χ4n) is 3.93. The highest BCUT2D eigenvalue weighted by molar-refractivity contribution is 7.92. The van der Waals surface area contributed by atoms with E-state index in [2.05, 4.69) is 10.6 Å². The van der Waals surface area contributed by atoms with Gasteiger partial charge < -0.3 is 20.1 Å². The molecular formula is C31H31N3O6S. The Morgan fingerprint density at radius 3 is 2.12 bits per heavy atom. The summed E-state index contributed by atoms with van der Waals surface area (Å²) in [6, 6.07) is 28.5. The Balaban J connectivity index is 1.60. The third-order valence-corrected chi connectivity index (χ3v) is 7.83. The lowest BCUT2D eigenvalue weighted by Crippen LogP contribution is -2.38. The van der Waals surface area contributed by atoms with Crippen molar-refractivity contribution in [1.82, 2.24) is 5.32 Å². The molecule has 0 saturated carbocycles. The Morgan fingerprint density at radius 1 is 0.805 bits per heavy atom. The molecule has 4 aromatic rings. The Labute approximate surface area is 239 Å². The van der Waals surface area contributed by atoms with Crippen molar-refractivity contribution in [2.24, 2.45) is 0 Å². The van der Waals surface area contributed by atoms with Crippen LogP contribution in [0.1, 0.15) is 15.9 Å². The lowest BCUT2D eigenvalue weighted by atomic mass is 10.1. The zero-order valence-electron chi connectivity index (χ0n) is 22.7. The molecular weight excluding hydrogens is 542 g/mol. The fourth-order valence-corrected chi connectivity index (χ4v) is 5.35.